The van der Waals surface area contributed by atoms with Crippen molar-refractivity contribution in [2.45, 2.75) is 26.7 Å². The zero-order chi connectivity index (χ0) is 7.82. The van der Waals surface area contributed by atoms with E-state index in [0.717, 1.165) is 6.42 Å². The lowest BCUT2D eigenvalue weighted by Crippen LogP contribution is -2.01. The smallest absolute Gasteiger partial charge is 0.317 e. The molecule has 0 radical (unpaired) electrons. The zero-order valence-corrected chi connectivity index (χ0v) is 6.44. The average Bonchev–Trinajstić information content (AvgIpc) is 1.89. The van der Waals surface area contributed by atoms with Crippen LogP contribution in [-0.2, 0) is 9.53 Å². The molecule has 0 aromatic rings. The van der Waals surface area contributed by atoms with Crippen molar-refractivity contribution in [3.05, 3.63) is 0 Å². The lowest BCUT2D eigenvalue weighted by atomic mass is 10.4. The zero-order valence-electron chi connectivity index (χ0n) is 6.44. The Labute approximate surface area is 61.6 Å². The van der Waals surface area contributed by atoms with Gasteiger partial charge in [-0.05, 0) is 6.92 Å². The third-order valence-corrected chi connectivity index (χ3v) is 0.840. The summed E-state index contributed by atoms with van der Waals surface area (Å²) in [5, 5.41) is 0. The summed E-state index contributed by atoms with van der Waals surface area (Å²) in [6.07, 6.45) is 1.01. The molecule has 0 unspecified atom stereocenters. The van der Waals surface area contributed by atoms with E-state index in [9.17, 15) is 4.79 Å². The van der Waals surface area contributed by atoms with E-state index in [-0.39, 0.29) is 12.4 Å². The summed E-state index contributed by atoms with van der Waals surface area (Å²) >= 11 is 0. The molecule has 10 heavy (non-hydrogen) atoms. The Morgan fingerprint density at radius 1 is 1.40 bits per heavy atom. The van der Waals surface area contributed by atoms with Gasteiger partial charge in [0.1, 0.15) is 6.42 Å². The number of ether oxygens (including phenoxy) is 1. The lowest BCUT2D eigenvalue weighted by molar-refractivity contribution is -0.141. The second-order valence-electron chi connectivity index (χ2n) is 1.69. The van der Waals surface area contributed by atoms with Crippen molar-refractivity contribution in [3.8, 4) is 11.8 Å². The molecule has 0 fully saturated rings. The molecule has 0 aromatic heterocycles. The monoisotopic (exact) mass is 140 g/mol. The van der Waals surface area contributed by atoms with Crippen LogP contribution in [0.2, 0.25) is 0 Å². The molecule has 0 saturated carbocycles. The summed E-state index contributed by atoms with van der Waals surface area (Å²) in [4.78, 5) is 10.6. The number of hydrogen-bond donors (Lipinski definition) is 0. The lowest BCUT2D eigenvalue weighted by Gasteiger charge is -1.94. The van der Waals surface area contributed by atoms with Crippen LogP contribution in [0.4, 0.5) is 0 Å². The quantitative estimate of drug-likeness (QED) is 0.427. The highest BCUT2D eigenvalue weighted by molar-refractivity contribution is 5.72. The molecule has 56 valence electrons. The van der Waals surface area contributed by atoms with Crippen molar-refractivity contribution in [3.63, 3.8) is 0 Å². The highest BCUT2D eigenvalue weighted by Crippen LogP contribution is 1.83. The summed E-state index contributed by atoms with van der Waals surface area (Å²) in [5.41, 5.74) is 0. The van der Waals surface area contributed by atoms with Gasteiger partial charge in [0.05, 0.1) is 6.61 Å². The Morgan fingerprint density at radius 3 is 2.60 bits per heavy atom. The van der Waals surface area contributed by atoms with Crippen LogP contribution in [0.25, 0.3) is 0 Å². The largest absolute Gasteiger partial charge is 0.465 e. The third kappa shape index (κ3) is 5.17. The predicted octanol–water partition coefficient (Wildman–Crippen LogP) is 1.35. The Kier molecular flexibility index (Phi) is 5.56. The van der Waals surface area contributed by atoms with Crippen LogP contribution in [0.3, 0.4) is 0 Å². The molecule has 0 N–H and O–H groups in total. The van der Waals surface area contributed by atoms with E-state index in [2.05, 4.69) is 16.6 Å². The Hall–Kier alpha value is -0.970. The first-order chi connectivity index (χ1) is 4.81. The summed E-state index contributed by atoms with van der Waals surface area (Å²) < 4.78 is 4.65. The minimum absolute atomic E-state index is 0.224. The minimum Gasteiger partial charge on any atom is -0.465 e. The van der Waals surface area contributed by atoms with E-state index in [1.54, 1.807) is 6.92 Å². The van der Waals surface area contributed by atoms with Gasteiger partial charge < -0.3 is 4.74 Å². The maximum atomic E-state index is 10.6. The first kappa shape index (κ1) is 9.03. The molecular weight excluding hydrogens is 128 g/mol. The van der Waals surface area contributed by atoms with Crippen LogP contribution in [0.5, 0.6) is 0 Å². The molecule has 0 saturated heterocycles. The number of esters is 1. The molecular formula is C8H12O2. The van der Waals surface area contributed by atoms with E-state index in [1.807, 2.05) is 6.92 Å². The first-order valence-corrected chi connectivity index (χ1v) is 3.42. The molecule has 0 bridgehead atoms. The van der Waals surface area contributed by atoms with Gasteiger partial charge in [-0.25, -0.2) is 0 Å². The highest BCUT2D eigenvalue weighted by Gasteiger charge is 1.94. The average molecular weight is 140 g/mol. The van der Waals surface area contributed by atoms with Gasteiger partial charge in [0, 0.05) is 6.42 Å². The molecule has 0 aromatic carbocycles. The Balaban J connectivity index is 3.39. The second-order valence-corrected chi connectivity index (χ2v) is 1.69. The van der Waals surface area contributed by atoms with Gasteiger partial charge in [-0.3, -0.25) is 4.79 Å². The topological polar surface area (TPSA) is 26.3 Å². The molecule has 0 aliphatic heterocycles. The summed E-state index contributed by atoms with van der Waals surface area (Å²) in [6, 6.07) is 0. The Bertz CT molecular complexity index is 150. The van der Waals surface area contributed by atoms with Crippen molar-refractivity contribution in [2.24, 2.45) is 0 Å². The van der Waals surface area contributed by atoms with Crippen molar-refractivity contribution in [1.29, 1.82) is 0 Å². The molecule has 0 aliphatic rings. The fourth-order valence-corrected chi connectivity index (χ4v) is 0.472. The third-order valence-electron chi connectivity index (χ3n) is 0.840. The molecule has 2 nitrogen and oxygen atoms in total. The standard InChI is InChI=1S/C8H12O2/c1-3-5-6-7-8(9)10-4-2/h3-4,7H2,1-2H3. The van der Waals surface area contributed by atoms with E-state index in [0.29, 0.717) is 6.61 Å². The molecule has 0 amide bonds. The van der Waals surface area contributed by atoms with Crippen LogP contribution in [-0.4, -0.2) is 12.6 Å². The SMILES string of the molecule is CCC#CCC(=O)OCC. The van der Waals surface area contributed by atoms with Crippen LogP contribution >= 0.6 is 0 Å². The molecule has 0 atom stereocenters. The molecule has 0 spiro atoms. The van der Waals surface area contributed by atoms with Gasteiger partial charge in [0.15, 0.2) is 0 Å². The highest BCUT2D eigenvalue weighted by atomic mass is 16.5. The molecule has 0 heterocycles. The number of hydrogen-bond acceptors (Lipinski definition) is 2. The van der Waals surface area contributed by atoms with Crippen molar-refractivity contribution in [2.75, 3.05) is 6.61 Å². The van der Waals surface area contributed by atoms with Crippen molar-refractivity contribution < 1.29 is 9.53 Å². The maximum Gasteiger partial charge on any atom is 0.317 e. The van der Waals surface area contributed by atoms with Gasteiger partial charge >= 0.3 is 5.97 Å². The van der Waals surface area contributed by atoms with Crippen molar-refractivity contribution >= 4 is 5.97 Å². The van der Waals surface area contributed by atoms with Crippen LogP contribution < -0.4 is 0 Å². The first-order valence-electron chi connectivity index (χ1n) is 3.42. The number of rotatable bonds is 2. The van der Waals surface area contributed by atoms with E-state index < -0.39 is 0 Å². The summed E-state index contributed by atoms with van der Waals surface area (Å²) in [7, 11) is 0. The second kappa shape index (κ2) is 6.15. The van der Waals surface area contributed by atoms with Crippen LogP contribution in [0.1, 0.15) is 26.7 Å². The number of carbonyl (C=O) groups excluding carboxylic acids is 1. The fraction of sp³-hybridized carbons (Fsp3) is 0.625. The number of carbonyl (C=O) groups is 1. The summed E-state index contributed by atoms with van der Waals surface area (Å²) in [6.45, 7) is 4.16. The normalized spacial score (nSPS) is 7.80. The predicted molar refractivity (Wildman–Crippen MR) is 39.3 cm³/mol. The molecule has 0 rings (SSSR count). The van der Waals surface area contributed by atoms with Gasteiger partial charge in [0.2, 0.25) is 0 Å². The van der Waals surface area contributed by atoms with E-state index in [1.165, 1.54) is 0 Å². The molecule has 2 heteroatoms. The van der Waals surface area contributed by atoms with E-state index >= 15 is 0 Å². The van der Waals surface area contributed by atoms with Gasteiger partial charge in [-0.2, -0.15) is 0 Å². The Morgan fingerprint density at radius 2 is 2.10 bits per heavy atom. The maximum absolute atomic E-state index is 10.6. The minimum atomic E-state index is -0.233. The fourth-order valence-electron chi connectivity index (χ4n) is 0.472. The van der Waals surface area contributed by atoms with Crippen LogP contribution in [0.15, 0.2) is 0 Å². The van der Waals surface area contributed by atoms with E-state index in [4.69, 9.17) is 0 Å². The molecule has 0 aliphatic carbocycles. The van der Waals surface area contributed by atoms with Crippen molar-refractivity contribution in [1.82, 2.24) is 0 Å². The van der Waals surface area contributed by atoms with Crippen LogP contribution in [0, 0.1) is 11.8 Å². The van der Waals surface area contributed by atoms with Gasteiger partial charge in [-0.15, -0.1) is 5.92 Å². The van der Waals surface area contributed by atoms with Gasteiger partial charge in [-0.1, -0.05) is 12.8 Å². The van der Waals surface area contributed by atoms with Gasteiger partial charge in [0.25, 0.3) is 0 Å². The summed E-state index contributed by atoms with van der Waals surface area (Å²) in [5.74, 6) is 5.25.